The van der Waals surface area contributed by atoms with Crippen LogP contribution >= 0.6 is 0 Å². The number of benzene rings is 2. The van der Waals surface area contributed by atoms with Crippen LogP contribution in [0.2, 0.25) is 0 Å². The van der Waals surface area contributed by atoms with Gasteiger partial charge in [-0.15, -0.1) is 0 Å². The van der Waals surface area contributed by atoms with E-state index in [1.807, 2.05) is 0 Å². The predicted octanol–water partition coefficient (Wildman–Crippen LogP) is 2.54. The molecule has 0 unspecified atom stereocenters. The molecule has 0 bridgehead atoms. The number of hydrogen-bond acceptors (Lipinski definition) is 4. The lowest BCUT2D eigenvalue weighted by Crippen LogP contribution is -2.11. The molecule has 6 nitrogen and oxygen atoms in total. The summed E-state index contributed by atoms with van der Waals surface area (Å²) >= 11 is 0. The Hall–Kier alpha value is -3.12. The van der Waals surface area contributed by atoms with Gasteiger partial charge in [-0.25, -0.2) is 4.79 Å². The minimum Gasteiger partial charge on any atom is -0.496 e. The van der Waals surface area contributed by atoms with Crippen LogP contribution in [0.15, 0.2) is 48.5 Å². The highest BCUT2D eigenvalue weighted by Gasteiger charge is 2.10. The zero-order valence-corrected chi connectivity index (χ0v) is 13.0. The van der Waals surface area contributed by atoms with E-state index in [9.17, 15) is 14.7 Å². The van der Waals surface area contributed by atoms with E-state index < -0.39 is 11.9 Å². The summed E-state index contributed by atoms with van der Waals surface area (Å²) in [7, 11) is 1.50. The number of anilines is 1. The van der Waals surface area contributed by atoms with E-state index in [0.29, 0.717) is 16.9 Å². The number of hydrogen-bond donors (Lipinski definition) is 3. The summed E-state index contributed by atoms with van der Waals surface area (Å²) in [6.07, 6.45) is 2.87. The molecule has 0 heterocycles. The van der Waals surface area contributed by atoms with Crippen molar-refractivity contribution in [2.45, 2.75) is 6.61 Å². The van der Waals surface area contributed by atoms with Gasteiger partial charge in [-0.3, -0.25) is 4.79 Å². The van der Waals surface area contributed by atoms with Crippen molar-refractivity contribution >= 4 is 23.6 Å². The quantitative estimate of drug-likeness (QED) is 0.709. The minimum atomic E-state index is -1.11. The Bertz CT molecular complexity index is 783. The summed E-state index contributed by atoms with van der Waals surface area (Å²) in [5.74, 6) is -1.04. The molecule has 0 saturated carbocycles. The molecular formula is C18H17NO5. The third kappa shape index (κ3) is 4.21. The maximum atomic E-state index is 12.0. The van der Waals surface area contributed by atoms with Crippen molar-refractivity contribution in [2.75, 3.05) is 12.4 Å². The van der Waals surface area contributed by atoms with E-state index >= 15 is 0 Å². The molecule has 1 amide bonds. The number of aliphatic hydroxyl groups excluding tert-OH is 1. The molecule has 0 aliphatic rings. The van der Waals surface area contributed by atoms with Gasteiger partial charge in [-0.2, -0.15) is 0 Å². The molecule has 0 spiro atoms. The monoisotopic (exact) mass is 327 g/mol. The van der Waals surface area contributed by atoms with Gasteiger partial charge in [0.25, 0.3) is 0 Å². The van der Waals surface area contributed by atoms with Crippen LogP contribution < -0.4 is 10.1 Å². The highest BCUT2D eigenvalue weighted by atomic mass is 16.5. The molecule has 0 atom stereocenters. The second kappa shape index (κ2) is 7.94. The number of carboxylic acid groups (broad SMARTS) is 1. The maximum Gasteiger partial charge on any atom is 0.337 e. The first-order chi connectivity index (χ1) is 11.5. The van der Waals surface area contributed by atoms with Crippen LogP contribution in [0, 0.1) is 0 Å². The summed E-state index contributed by atoms with van der Waals surface area (Å²) in [4.78, 5) is 23.1. The van der Waals surface area contributed by atoms with E-state index in [4.69, 9.17) is 9.84 Å². The first kappa shape index (κ1) is 17.2. The molecule has 0 saturated heterocycles. The summed E-state index contributed by atoms with van der Waals surface area (Å²) in [5.41, 5.74) is 1.61. The molecule has 0 aliphatic heterocycles. The zero-order valence-electron chi connectivity index (χ0n) is 13.0. The van der Waals surface area contributed by atoms with E-state index in [-0.39, 0.29) is 17.9 Å². The molecule has 2 aromatic rings. The average Bonchev–Trinajstić information content (AvgIpc) is 2.59. The Labute approximate surface area is 139 Å². The lowest BCUT2D eigenvalue weighted by Gasteiger charge is -2.07. The van der Waals surface area contributed by atoms with Crippen LogP contribution in [0.3, 0.4) is 0 Å². The molecule has 24 heavy (non-hydrogen) atoms. The molecule has 2 rings (SSSR count). The van der Waals surface area contributed by atoms with E-state index in [1.165, 1.54) is 25.3 Å². The van der Waals surface area contributed by atoms with Gasteiger partial charge >= 0.3 is 5.97 Å². The van der Waals surface area contributed by atoms with Gasteiger partial charge < -0.3 is 20.3 Å². The summed E-state index contributed by atoms with van der Waals surface area (Å²) in [6, 6.07) is 11.3. The number of carbonyl (C=O) groups excluding carboxylic acids is 1. The number of aliphatic hydroxyl groups is 1. The Morgan fingerprint density at radius 2 is 1.96 bits per heavy atom. The molecule has 2 aromatic carbocycles. The van der Waals surface area contributed by atoms with Crippen LogP contribution in [0.1, 0.15) is 21.5 Å². The molecule has 124 valence electrons. The molecule has 0 aliphatic carbocycles. The lowest BCUT2D eigenvalue weighted by atomic mass is 10.1. The van der Waals surface area contributed by atoms with Crippen molar-refractivity contribution in [1.82, 2.24) is 0 Å². The fourth-order valence-corrected chi connectivity index (χ4v) is 2.12. The fraction of sp³-hybridized carbons (Fsp3) is 0.111. The predicted molar refractivity (Wildman–Crippen MR) is 90.0 cm³/mol. The van der Waals surface area contributed by atoms with Gasteiger partial charge in [0.1, 0.15) is 5.75 Å². The van der Waals surface area contributed by atoms with Crippen LogP contribution in [0.4, 0.5) is 5.69 Å². The number of methoxy groups -OCH3 is 1. The number of carbonyl (C=O) groups is 2. The van der Waals surface area contributed by atoms with Crippen molar-refractivity contribution in [3.8, 4) is 5.75 Å². The molecule has 3 N–H and O–H groups in total. The Morgan fingerprint density at radius 1 is 1.21 bits per heavy atom. The van der Waals surface area contributed by atoms with Crippen molar-refractivity contribution in [3.63, 3.8) is 0 Å². The number of ether oxygens (including phenoxy) is 1. The number of rotatable bonds is 6. The van der Waals surface area contributed by atoms with Gasteiger partial charge in [-0.05, 0) is 29.8 Å². The molecule has 6 heteroatoms. The van der Waals surface area contributed by atoms with Crippen LogP contribution in [-0.4, -0.2) is 29.2 Å². The average molecular weight is 327 g/mol. The summed E-state index contributed by atoms with van der Waals surface area (Å²) in [5, 5.41) is 20.8. The molecule has 0 radical (unpaired) electrons. The van der Waals surface area contributed by atoms with Crippen LogP contribution in [0.25, 0.3) is 6.08 Å². The third-order valence-electron chi connectivity index (χ3n) is 3.32. The van der Waals surface area contributed by atoms with Gasteiger partial charge in [0.05, 0.1) is 25.0 Å². The first-order valence-electron chi connectivity index (χ1n) is 7.14. The summed E-state index contributed by atoms with van der Waals surface area (Å²) in [6.45, 7) is -0.139. The normalized spacial score (nSPS) is 10.6. The Kier molecular flexibility index (Phi) is 5.70. The van der Waals surface area contributed by atoms with Crippen LogP contribution in [-0.2, 0) is 11.4 Å². The van der Waals surface area contributed by atoms with E-state index in [2.05, 4.69) is 5.32 Å². The van der Waals surface area contributed by atoms with Crippen LogP contribution in [0.5, 0.6) is 5.75 Å². The van der Waals surface area contributed by atoms with E-state index in [0.717, 1.165) is 0 Å². The minimum absolute atomic E-state index is 0.0215. The van der Waals surface area contributed by atoms with Gasteiger partial charge in [-0.1, -0.05) is 24.3 Å². The second-order valence-corrected chi connectivity index (χ2v) is 4.90. The zero-order chi connectivity index (χ0) is 17.5. The first-order valence-corrected chi connectivity index (χ1v) is 7.14. The SMILES string of the molecule is COc1cc(C=CC(=O)Nc2ccccc2C(=O)O)ccc1CO. The third-order valence-corrected chi connectivity index (χ3v) is 3.32. The van der Waals surface area contributed by atoms with Crippen molar-refractivity contribution in [1.29, 1.82) is 0 Å². The van der Waals surface area contributed by atoms with Gasteiger partial charge in [0.15, 0.2) is 0 Å². The lowest BCUT2D eigenvalue weighted by molar-refractivity contribution is -0.111. The molecule has 0 aromatic heterocycles. The largest absolute Gasteiger partial charge is 0.496 e. The topological polar surface area (TPSA) is 95.9 Å². The van der Waals surface area contributed by atoms with Crippen molar-refractivity contribution in [3.05, 3.63) is 65.2 Å². The smallest absolute Gasteiger partial charge is 0.337 e. The standard InChI is InChI=1S/C18H17NO5/c1-24-16-10-12(6-8-13(16)11-20)7-9-17(21)19-15-5-3-2-4-14(15)18(22)23/h2-10,20H,11H2,1H3,(H,19,21)(H,22,23). The fourth-order valence-electron chi connectivity index (χ4n) is 2.12. The highest BCUT2D eigenvalue weighted by molar-refractivity contribution is 6.06. The van der Waals surface area contributed by atoms with Gasteiger partial charge in [0.2, 0.25) is 5.91 Å². The van der Waals surface area contributed by atoms with E-state index in [1.54, 1.807) is 36.4 Å². The molecular weight excluding hydrogens is 310 g/mol. The van der Waals surface area contributed by atoms with Gasteiger partial charge in [0, 0.05) is 11.6 Å². The second-order valence-electron chi connectivity index (χ2n) is 4.90. The Morgan fingerprint density at radius 3 is 2.62 bits per heavy atom. The number of nitrogens with one attached hydrogen (secondary N) is 1. The number of carboxylic acids is 1. The number of aromatic carboxylic acids is 1. The highest BCUT2D eigenvalue weighted by Crippen LogP contribution is 2.21. The maximum absolute atomic E-state index is 12.0. The Balaban J connectivity index is 2.13. The van der Waals surface area contributed by atoms with Crippen molar-refractivity contribution < 1.29 is 24.5 Å². The number of para-hydroxylation sites is 1. The summed E-state index contributed by atoms with van der Waals surface area (Å²) < 4.78 is 5.16. The molecule has 0 fully saturated rings. The number of amides is 1. The van der Waals surface area contributed by atoms with Crippen molar-refractivity contribution in [2.24, 2.45) is 0 Å².